The van der Waals surface area contributed by atoms with Crippen LogP contribution in [0, 0.1) is 6.92 Å². The minimum atomic E-state index is -0.441. The second-order valence-electron chi connectivity index (χ2n) is 10.1. The van der Waals surface area contributed by atoms with E-state index in [2.05, 4.69) is 15.7 Å². The maximum atomic E-state index is 13.9. The molecule has 6 rings (SSSR count). The third-order valence-electron chi connectivity index (χ3n) is 7.64. The summed E-state index contributed by atoms with van der Waals surface area (Å²) < 4.78 is 12.7. The van der Waals surface area contributed by atoms with Crippen LogP contribution in [0.4, 0.5) is 11.5 Å². The van der Waals surface area contributed by atoms with E-state index >= 15 is 0 Å². The summed E-state index contributed by atoms with van der Waals surface area (Å²) in [6.07, 6.45) is 2.52. The van der Waals surface area contributed by atoms with Crippen LogP contribution in [0.3, 0.4) is 0 Å². The molecule has 8 nitrogen and oxygen atoms in total. The van der Waals surface area contributed by atoms with Crippen molar-refractivity contribution in [3.8, 4) is 11.5 Å². The van der Waals surface area contributed by atoms with Gasteiger partial charge in [-0.05, 0) is 54.7 Å². The molecule has 0 spiro atoms. The van der Waals surface area contributed by atoms with Crippen molar-refractivity contribution >= 4 is 23.2 Å². The van der Waals surface area contributed by atoms with Crippen LogP contribution in [0.5, 0.6) is 11.5 Å². The molecule has 3 aromatic carbocycles. The number of aromatic nitrogens is 2. The number of amides is 1. The predicted octanol–water partition coefficient (Wildman–Crippen LogP) is 5.88. The molecule has 2 atom stereocenters. The molecule has 1 aliphatic heterocycles. The molecule has 0 saturated heterocycles. The lowest BCUT2D eigenvalue weighted by Crippen LogP contribution is -2.34. The largest absolute Gasteiger partial charge is 0.493 e. The number of rotatable bonds is 6. The number of benzene rings is 3. The number of allylic oxidation sites excluding steroid dienone is 2. The zero-order chi connectivity index (χ0) is 27.8. The number of methoxy groups -OCH3 is 2. The standard InChI is InChI=1S/C32H30N4O4/c1-19-9-11-20(12-10-19)30-29-25(15-22(16-26(29)37)21-13-14-27(39-2)28(17-21)40-3)35-31-24(18-33-36(30)31)32(38)34-23-7-5-4-6-8-23/h4-14,17-18,22,30,35H,15-16H2,1-3H3,(H,34,38)/t22-,30+/m0/s1. The Hall–Kier alpha value is -4.85. The summed E-state index contributed by atoms with van der Waals surface area (Å²) >= 11 is 0. The van der Waals surface area contributed by atoms with Gasteiger partial charge in [-0.1, -0.05) is 54.1 Å². The van der Waals surface area contributed by atoms with Gasteiger partial charge in [-0.3, -0.25) is 9.59 Å². The van der Waals surface area contributed by atoms with Crippen molar-refractivity contribution in [2.24, 2.45) is 0 Å². The van der Waals surface area contributed by atoms with Gasteiger partial charge < -0.3 is 20.1 Å². The number of para-hydroxylation sites is 1. The maximum absolute atomic E-state index is 13.9. The Morgan fingerprint density at radius 3 is 2.40 bits per heavy atom. The molecule has 40 heavy (non-hydrogen) atoms. The quantitative estimate of drug-likeness (QED) is 0.321. The van der Waals surface area contributed by atoms with E-state index < -0.39 is 6.04 Å². The Balaban J connectivity index is 1.41. The summed E-state index contributed by atoms with van der Waals surface area (Å²) in [6.45, 7) is 2.03. The molecular formula is C32H30N4O4. The maximum Gasteiger partial charge on any atom is 0.261 e. The number of hydrogen-bond acceptors (Lipinski definition) is 6. The molecule has 2 heterocycles. The van der Waals surface area contributed by atoms with E-state index in [1.807, 2.05) is 79.7 Å². The van der Waals surface area contributed by atoms with E-state index in [0.717, 1.165) is 22.4 Å². The molecule has 0 saturated carbocycles. The number of fused-ring (bicyclic) bond motifs is 1. The summed E-state index contributed by atoms with van der Waals surface area (Å²) in [7, 11) is 3.21. The molecule has 2 aliphatic rings. The SMILES string of the molecule is COc1ccc([C@@H]2CC(=O)C3=C(C2)Nc2c(C(=O)Nc4ccccc4)cnn2[C@@H]3c2ccc(C)cc2)cc1OC. The van der Waals surface area contributed by atoms with E-state index in [1.54, 1.807) is 25.1 Å². The van der Waals surface area contributed by atoms with Crippen molar-refractivity contribution in [3.63, 3.8) is 0 Å². The van der Waals surface area contributed by atoms with Gasteiger partial charge in [0.25, 0.3) is 5.91 Å². The van der Waals surface area contributed by atoms with Gasteiger partial charge in [0.15, 0.2) is 17.3 Å². The van der Waals surface area contributed by atoms with Gasteiger partial charge in [-0.25, -0.2) is 4.68 Å². The average Bonchev–Trinajstić information content (AvgIpc) is 3.40. The summed E-state index contributed by atoms with van der Waals surface area (Å²) in [5, 5.41) is 11.0. The number of carbonyl (C=O) groups excluding carboxylic acids is 2. The van der Waals surface area contributed by atoms with Crippen LogP contribution in [0.15, 0.2) is 90.3 Å². The van der Waals surface area contributed by atoms with Gasteiger partial charge >= 0.3 is 0 Å². The van der Waals surface area contributed by atoms with Gasteiger partial charge in [0, 0.05) is 23.4 Å². The van der Waals surface area contributed by atoms with Crippen LogP contribution in [0.2, 0.25) is 0 Å². The summed E-state index contributed by atoms with van der Waals surface area (Å²) in [5.74, 6) is 1.55. The molecule has 2 N–H and O–H groups in total. The Morgan fingerprint density at radius 2 is 1.68 bits per heavy atom. The first-order valence-electron chi connectivity index (χ1n) is 13.2. The van der Waals surface area contributed by atoms with E-state index in [9.17, 15) is 9.59 Å². The van der Waals surface area contributed by atoms with Crippen molar-refractivity contribution in [2.45, 2.75) is 31.7 Å². The van der Waals surface area contributed by atoms with Crippen LogP contribution in [-0.2, 0) is 4.79 Å². The van der Waals surface area contributed by atoms with Gasteiger partial charge in [-0.15, -0.1) is 0 Å². The molecule has 0 bridgehead atoms. The van der Waals surface area contributed by atoms with Crippen LogP contribution in [0.25, 0.3) is 0 Å². The highest BCUT2D eigenvalue weighted by atomic mass is 16.5. The lowest BCUT2D eigenvalue weighted by Gasteiger charge is -2.36. The normalized spacial score (nSPS) is 17.9. The molecular weight excluding hydrogens is 504 g/mol. The van der Waals surface area contributed by atoms with Crippen molar-refractivity contribution in [1.82, 2.24) is 9.78 Å². The zero-order valence-electron chi connectivity index (χ0n) is 22.6. The van der Waals surface area contributed by atoms with Crippen LogP contribution in [0.1, 0.15) is 51.8 Å². The fraction of sp³-hybridized carbons (Fsp3) is 0.219. The van der Waals surface area contributed by atoms with Crippen molar-refractivity contribution in [1.29, 1.82) is 0 Å². The highest BCUT2D eigenvalue weighted by molar-refractivity contribution is 6.08. The highest BCUT2D eigenvalue weighted by Crippen LogP contribution is 2.46. The summed E-state index contributed by atoms with van der Waals surface area (Å²) in [5.41, 5.74) is 5.66. The Labute approximate surface area is 232 Å². The number of hydrogen-bond donors (Lipinski definition) is 2. The lowest BCUT2D eigenvalue weighted by atomic mass is 9.77. The molecule has 4 aromatic rings. The number of anilines is 2. The monoisotopic (exact) mass is 534 g/mol. The van der Waals surface area contributed by atoms with Crippen molar-refractivity contribution < 1.29 is 19.1 Å². The lowest BCUT2D eigenvalue weighted by molar-refractivity contribution is -0.116. The number of aryl methyl sites for hydroxylation is 1. The molecule has 1 aliphatic carbocycles. The molecule has 8 heteroatoms. The van der Waals surface area contributed by atoms with E-state index in [1.165, 1.54) is 0 Å². The average molecular weight is 535 g/mol. The number of ether oxygens (including phenoxy) is 2. The summed E-state index contributed by atoms with van der Waals surface area (Å²) in [6, 6.07) is 22.8. The van der Waals surface area contributed by atoms with Crippen molar-refractivity contribution in [3.05, 3.63) is 113 Å². The zero-order valence-corrected chi connectivity index (χ0v) is 22.6. The van der Waals surface area contributed by atoms with E-state index in [0.29, 0.717) is 47.0 Å². The van der Waals surface area contributed by atoms with Gasteiger partial charge in [0.05, 0.1) is 20.4 Å². The fourth-order valence-corrected chi connectivity index (χ4v) is 5.60. The van der Waals surface area contributed by atoms with Crippen LogP contribution < -0.4 is 20.1 Å². The Kier molecular flexibility index (Phi) is 6.59. The Bertz CT molecular complexity index is 1620. The number of nitrogens with one attached hydrogen (secondary N) is 2. The minimum absolute atomic E-state index is 0.0514. The smallest absolute Gasteiger partial charge is 0.261 e. The van der Waals surface area contributed by atoms with E-state index in [4.69, 9.17) is 9.47 Å². The van der Waals surface area contributed by atoms with Gasteiger partial charge in [-0.2, -0.15) is 5.10 Å². The van der Waals surface area contributed by atoms with Gasteiger partial charge in [0.2, 0.25) is 0 Å². The minimum Gasteiger partial charge on any atom is -0.493 e. The molecule has 202 valence electrons. The highest BCUT2D eigenvalue weighted by Gasteiger charge is 2.40. The number of ketones is 1. The first kappa shape index (κ1) is 25.4. The predicted molar refractivity (Wildman–Crippen MR) is 153 cm³/mol. The molecule has 1 aromatic heterocycles. The third kappa shape index (κ3) is 4.51. The number of Topliss-reactive ketones (excluding diaryl/α,β-unsaturated/α-hetero) is 1. The fourth-order valence-electron chi connectivity index (χ4n) is 5.60. The molecule has 0 fully saturated rings. The van der Waals surface area contributed by atoms with Crippen LogP contribution >= 0.6 is 0 Å². The number of nitrogens with zero attached hydrogens (tertiary/aromatic N) is 2. The second kappa shape index (κ2) is 10.4. The van der Waals surface area contributed by atoms with Crippen LogP contribution in [-0.4, -0.2) is 35.7 Å². The number of carbonyl (C=O) groups is 2. The van der Waals surface area contributed by atoms with Gasteiger partial charge in [0.1, 0.15) is 17.4 Å². The first-order valence-corrected chi connectivity index (χ1v) is 13.2. The first-order chi connectivity index (χ1) is 19.5. The Morgan fingerprint density at radius 1 is 0.950 bits per heavy atom. The topological polar surface area (TPSA) is 94.5 Å². The van der Waals surface area contributed by atoms with E-state index in [-0.39, 0.29) is 17.6 Å². The third-order valence-corrected chi connectivity index (χ3v) is 7.64. The molecule has 0 unspecified atom stereocenters. The van der Waals surface area contributed by atoms with Crippen molar-refractivity contribution in [2.75, 3.05) is 24.9 Å². The summed E-state index contributed by atoms with van der Waals surface area (Å²) in [4.78, 5) is 27.2. The molecule has 1 amide bonds. The molecule has 0 radical (unpaired) electrons. The second-order valence-corrected chi connectivity index (χ2v) is 10.1.